The van der Waals surface area contributed by atoms with E-state index >= 15 is 0 Å². The lowest BCUT2D eigenvalue weighted by molar-refractivity contribution is -0.126. The van der Waals surface area contributed by atoms with Crippen molar-refractivity contribution in [1.29, 1.82) is 0 Å². The third-order valence-electron chi connectivity index (χ3n) is 5.36. The zero-order chi connectivity index (χ0) is 23.7. The molecule has 0 saturated heterocycles. The van der Waals surface area contributed by atoms with Crippen molar-refractivity contribution in [3.05, 3.63) is 0 Å². The molecule has 0 atom stereocenters. The maximum Gasteiger partial charge on any atom is 0.219 e. The van der Waals surface area contributed by atoms with Gasteiger partial charge in [-0.3, -0.25) is 19.2 Å². The van der Waals surface area contributed by atoms with E-state index < -0.39 is 0 Å². The molecule has 0 radical (unpaired) electrons. The summed E-state index contributed by atoms with van der Waals surface area (Å²) in [5.74, 6) is 0.766. The molecule has 0 aliphatic carbocycles. The summed E-state index contributed by atoms with van der Waals surface area (Å²) in [5.41, 5.74) is -0.264. The molecule has 0 saturated carbocycles. The quantitative estimate of drug-likeness (QED) is 0.302. The Labute approximate surface area is 189 Å². The number of hydrogen-bond donors (Lipinski definition) is 2. The predicted molar refractivity (Wildman–Crippen MR) is 126 cm³/mol. The van der Waals surface area contributed by atoms with Crippen LogP contribution in [0.25, 0.3) is 0 Å². The third kappa shape index (κ3) is 17.6. The monoisotopic (exact) mass is 438 g/mol. The molecule has 0 aromatic heterocycles. The van der Waals surface area contributed by atoms with Crippen molar-refractivity contribution in [3.63, 3.8) is 0 Å². The molecular weight excluding hydrogens is 392 g/mol. The number of rotatable bonds is 18. The van der Waals surface area contributed by atoms with Gasteiger partial charge in [0.05, 0.1) is 0 Å². The summed E-state index contributed by atoms with van der Waals surface area (Å²) in [7, 11) is 0. The Hall–Kier alpha value is -1.72. The Morgan fingerprint density at radius 1 is 0.613 bits per heavy atom. The van der Waals surface area contributed by atoms with Crippen LogP contribution in [0.2, 0.25) is 0 Å². The van der Waals surface area contributed by atoms with Gasteiger partial charge in [0, 0.05) is 50.1 Å². The van der Waals surface area contributed by atoms with Gasteiger partial charge in [0.25, 0.3) is 0 Å². The lowest BCUT2D eigenvalue weighted by Gasteiger charge is -2.16. The molecule has 6 heteroatoms. The first-order valence-electron chi connectivity index (χ1n) is 12.1. The number of carbonyl (C=O) groups excluding carboxylic acids is 4. The zero-order valence-corrected chi connectivity index (χ0v) is 20.6. The highest BCUT2D eigenvalue weighted by molar-refractivity contribution is 5.83. The molecule has 0 aromatic carbocycles. The first-order chi connectivity index (χ1) is 14.5. The van der Waals surface area contributed by atoms with E-state index in [1.165, 1.54) is 0 Å². The lowest BCUT2D eigenvalue weighted by atomic mass is 9.88. The zero-order valence-electron chi connectivity index (χ0n) is 20.6. The first kappa shape index (κ1) is 29.3. The highest BCUT2D eigenvalue weighted by Gasteiger charge is 2.19. The fraction of sp³-hybridized carbons (Fsp3) is 0.840. The average molecular weight is 439 g/mol. The van der Waals surface area contributed by atoms with E-state index in [1.807, 2.05) is 34.6 Å². The molecule has 0 spiro atoms. The first-order valence-corrected chi connectivity index (χ1v) is 12.1. The maximum atomic E-state index is 11.8. The normalized spacial score (nSPS) is 11.4. The number of amides is 2. The summed E-state index contributed by atoms with van der Waals surface area (Å²) >= 11 is 0. The van der Waals surface area contributed by atoms with Crippen molar-refractivity contribution in [2.75, 3.05) is 13.1 Å². The molecule has 0 fully saturated rings. The van der Waals surface area contributed by atoms with Gasteiger partial charge < -0.3 is 10.6 Å². The van der Waals surface area contributed by atoms with Gasteiger partial charge in [-0.15, -0.1) is 0 Å². The molecule has 0 aliphatic rings. The number of Topliss-reactive ketones (excluding diaryl/α,β-unsaturated/α-hetero) is 2. The van der Waals surface area contributed by atoms with Crippen LogP contribution in [0.4, 0.5) is 0 Å². The number of nitrogens with one attached hydrogen (secondary N) is 2. The van der Waals surface area contributed by atoms with Gasteiger partial charge in [-0.05, 0) is 38.5 Å². The van der Waals surface area contributed by atoms with E-state index in [9.17, 15) is 19.2 Å². The Kier molecular flexibility index (Phi) is 16.0. The number of hydrogen-bond acceptors (Lipinski definition) is 4. The van der Waals surface area contributed by atoms with Crippen LogP contribution in [0, 0.1) is 11.3 Å². The van der Waals surface area contributed by atoms with Gasteiger partial charge in [0.15, 0.2) is 0 Å². The lowest BCUT2D eigenvalue weighted by Crippen LogP contribution is -2.25. The van der Waals surface area contributed by atoms with Crippen LogP contribution < -0.4 is 10.6 Å². The largest absolute Gasteiger partial charge is 0.356 e. The molecule has 6 nitrogen and oxygen atoms in total. The second kappa shape index (κ2) is 16.9. The SMILES string of the molecule is CC(C)C(=O)CCCCCNC(=O)CCCCC(=O)NCCCCCC(=O)C(C)(C)C. The van der Waals surface area contributed by atoms with E-state index in [2.05, 4.69) is 10.6 Å². The Bertz CT molecular complexity index is 550. The van der Waals surface area contributed by atoms with Crippen LogP contribution in [-0.4, -0.2) is 36.5 Å². The maximum absolute atomic E-state index is 11.8. The third-order valence-corrected chi connectivity index (χ3v) is 5.36. The summed E-state index contributed by atoms with van der Waals surface area (Å²) in [6.45, 7) is 11.0. The minimum Gasteiger partial charge on any atom is -0.356 e. The summed E-state index contributed by atoms with van der Waals surface area (Å²) < 4.78 is 0. The summed E-state index contributed by atoms with van der Waals surface area (Å²) in [5, 5.41) is 5.81. The van der Waals surface area contributed by atoms with Gasteiger partial charge in [0.1, 0.15) is 11.6 Å². The van der Waals surface area contributed by atoms with Crippen molar-refractivity contribution >= 4 is 23.4 Å². The Morgan fingerprint density at radius 2 is 1.03 bits per heavy atom. The highest BCUT2D eigenvalue weighted by Crippen LogP contribution is 2.18. The summed E-state index contributed by atoms with van der Waals surface area (Å²) in [6, 6.07) is 0. The van der Waals surface area contributed by atoms with Crippen LogP contribution in [0.15, 0.2) is 0 Å². The van der Waals surface area contributed by atoms with Gasteiger partial charge >= 0.3 is 0 Å². The van der Waals surface area contributed by atoms with Gasteiger partial charge in [-0.25, -0.2) is 0 Å². The van der Waals surface area contributed by atoms with E-state index in [4.69, 9.17) is 0 Å². The minimum atomic E-state index is -0.264. The molecule has 2 N–H and O–H groups in total. The fourth-order valence-electron chi connectivity index (χ4n) is 3.06. The predicted octanol–water partition coefficient (Wildman–Crippen LogP) is 4.74. The number of unbranched alkanes of at least 4 members (excludes halogenated alkanes) is 5. The van der Waals surface area contributed by atoms with Crippen molar-refractivity contribution in [1.82, 2.24) is 10.6 Å². The van der Waals surface area contributed by atoms with Crippen LogP contribution in [-0.2, 0) is 19.2 Å². The molecule has 180 valence electrons. The minimum absolute atomic E-state index is 0.0297. The highest BCUT2D eigenvalue weighted by atomic mass is 16.2. The summed E-state index contributed by atoms with van der Waals surface area (Å²) in [4.78, 5) is 47.0. The van der Waals surface area contributed by atoms with E-state index in [0.29, 0.717) is 63.2 Å². The van der Waals surface area contributed by atoms with Gasteiger partial charge in [0.2, 0.25) is 11.8 Å². The Balaban J connectivity index is 3.51. The number of ketones is 2. The van der Waals surface area contributed by atoms with Crippen LogP contribution in [0.5, 0.6) is 0 Å². The van der Waals surface area contributed by atoms with Crippen LogP contribution in [0.3, 0.4) is 0 Å². The van der Waals surface area contributed by atoms with Gasteiger partial charge in [-0.1, -0.05) is 47.5 Å². The molecule has 2 amide bonds. The van der Waals surface area contributed by atoms with E-state index in [-0.39, 0.29) is 23.1 Å². The molecule has 0 bridgehead atoms. The number of carbonyl (C=O) groups is 4. The van der Waals surface area contributed by atoms with Crippen molar-refractivity contribution in [3.8, 4) is 0 Å². The van der Waals surface area contributed by atoms with E-state index in [1.54, 1.807) is 0 Å². The fourth-order valence-corrected chi connectivity index (χ4v) is 3.06. The molecular formula is C25H46N2O4. The molecule has 31 heavy (non-hydrogen) atoms. The molecule has 0 aromatic rings. The van der Waals surface area contributed by atoms with Crippen LogP contribution >= 0.6 is 0 Å². The van der Waals surface area contributed by atoms with Gasteiger partial charge in [-0.2, -0.15) is 0 Å². The topological polar surface area (TPSA) is 92.3 Å². The standard InChI is InChI=1S/C25H46N2O4/c1-20(2)21(28)14-8-6-12-18-26-23(30)16-10-11-17-24(31)27-19-13-7-9-15-22(29)25(3,4)5/h20H,6-19H2,1-5H3,(H,26,30)(H,27,31). The van der Waals surface area contributed by atoms with E-state index in [0.717, 1.165) is 38.5 Å². The second-order valence-corrected chi connectivity index (χ2v) is 9.82. The molecule has 0 rings (SSSR count). The second-order valence-electron chi connectivity index (χ2n) is 9.82. The molecule has 0 aliphatic heterocycles. The average Bonchev–Trinajstić information content (AvgIpc) is 2.69. The van der Waals surface area contributed by atoms with Crippen molar-refractivity contribution in [2.24, 2.45) is 11.3 Å². The molecule has 0 unspecified atom stereocenters. The molecule has 0 heterocycles. The Morgan fingerprint density at radius 3 is 1.45 bits per heavy atom. The van der Waals surface area contributed by atoms with Crippen LogP contribution in [0.1, 0.15) is 112 Å². The van der Waals surface area contributed by atoms with Crippen molar-refractivity contribution in [2.45, 2.75) is 112 Å². The van der Waals surface area contributed by atoms with Crippen molar-refractivity contribution < 1.29 is 19.2 Å². The smallest absolute Gasteiger partial charge is 0.219 e. The summed E-state index contributed by atoms with van der Waals surface area (Å²) in [6.07, 6.45) is 8.97.